The summed E-state index contributed by atoms with van der Waals surface area (Å²) in [5, 5.41) is 4.31. The summed E-state index contributed by atoms with van der Waals surface area (Å²) < 4.78 is 12.1. The van der Waals surface area contributed by atoms with Gasteiger partial charge in [-0.15, -0.1) is 0 Å². The highest BCUT2D eigenvalue weighted by Crippen LogP contribution is 2.27. The van der Waals surface area contributed by atoms with E-state index in [1.807, 2.05) is 0 Å². The average Bonchev–Trinajstić information content (AvgIpc) is 2.23. The quantitative estimate of drug-likeness (QED) is 0.836. The minimum absolute atomic E-state index is 0.0868. The Morgan fingerprint density at radius 2 is 1.78 bits per heavy atom. The molecular formula is C13H19Cl2NOS. The van der Waals surface area contributed by atoms with Gasteiger partial charge < -0.3 is 5.32 Å². The summed E-state index contributed by atoms with van der Waals surface area (Å²) >= 11 is 12.0. The van der Waals surface area contributed by atoms with Crippen LogP contribution in [0.2, 0.25) is 10.0 Å². The number of nitrogens with one attached hydrogen (secondary N) is 1. The van der Waals surface area contributed by atoms with Crippen LogP contribution in [0.15, 0.2) is 23.1 Å². The van der Waals surface area contributed by atoms with Crippen LogP contribution in [0.1, 0.15) is 27.2 Å². The number of hydrogen-bond acceptors (Lipinski definition) is 2. The molecule has 0 amide bonds. The van der Waals surface area contributed by atoms with Crippen LogP contribution in [0.4, 0.5) is 0 Å². The molecular weight excluding hydrogens is 289 g/mol. The van der Waals surface area contributed by atoms with E-state index in [-0.39, 0.29) is 5.54 Å². The minimum atomic E-state index is -1.14. The van der Waals surface area contributed by atoms with E-state index in [4.69, 9.17) is 23.2 Å². The topological polar surface area (TPSA) is 29.1 Å². The molecule has 18 heavy (non-hydrogen) atoms. The monoisotopic (exact) mass is 307 g/mol. The first-order valence-electron chi connectivity index (χ1n) is 5.89. The number of benzene rings is 1. The van der Waals surface area contributed by atoms with Crippen LogP contribution < -0.4 is 5.32 Å². The van der Waals surface area contributed by atoms with Gasteiger partial charge in [-0.3, -0.25) is 4.21 Å². The van der Waals surface area contributed by atoms with Crippen molar-refractivity contribution >= 4 is 34.0 Å². The zero-order valence-electron chi connectivity index (χ0n) is 10.9. The molecule has 0 spiro atoms. The number of halogens is 2. The van der Waals surface area contributed by atoms with Gasteiger partial charge in [0, 0.05) is 11.3 Å². The normalized spacial score (nSPS) is 13.6. The first-order valence-corrected chi connectivity index (χ1v) is 7.96. The molecule has 0 aliphatic carbocycles. The SMILES string of the molecule is CC(C)(C)NCCCS(=O)c1c(Cl)cccc1Cl. The number of hydrogen-bond donors (Lipinski definition) is 1. The van der Waals surface area contributed by atoms with Crippen LogP contribution in [-0.2, 0) is 10.8 Å². The van der Waals surface area contributed by atoms with Gasteiger partial charge in [-0.05, 0) is 45.9 Å². The summed E-state index contributed by atoms with van der Waals surface area (Å²) in [6.07, 6.45) is 0.825. The molecule has 0 aliphatic heterocycles. The van der Waals surface area contributed by atoms with Gasteiger partial charge in [-0.1, -0.05) is 29.3 Å². The Balaban J connectivity index is 2.51. The fourth-order valence-electron chi connectivity index (χ4n) is 1.47. The predicted octanol–water partition coefficient (Wildman–Crippen LogP) is 3.88. The molecule has 0 heterocycles. The van der Waals surface area contributed by atoms with Crippen molar-refractivity contribution in [2.45, 2.75) is 37.6 Å². The zero-order chi connectivity index (χ0) is 13.8. The third-order valence-electron chi connectivity index (χ3n) is 2.31. The smallest absolute Gasteiger partial charge is 0.0760 e. The molecule has 1 aromatic carbocycles. The van der Waals surface area contributed by atoms with Crippen LogP contribution in [0, 0.1) is 0 Å². The number of rotatable bonds is 5. The molecule has 1 N–H and O–H groups in total. The van der Waals surface area contributed by atoms with E-state index in [0.717, 1.165) is 13.0 Å². The molecule has 1 atom stereocenters. The van der Waals surface area contributed by atoms with E-state index < -0.39 is 10.8 Å². The van der Waals surface area contributed by atoms with E-state index >= 15 is 0 Å². The highest BCUT2D eigenvalue weighted by Gasteiger charge is 2.13. The molecule has 1 aromatic rings. The van der Waals surface area contributed by atoms with Gasteiger partial charge in [-0.2, -0.15) is 0 Å². The van der Waals surface area contributed by atoms with Crippen LogP contribution in [0.25, 0.3) is 0 Å². The Morgan fingerprint density at radius 3 is 2.28 bits per heavy atom. The van der Waals surface area contributed by atoms with Crippen molar-refractivity contribution < 1.29 is 4.21 Å². The maximum atomic E-state index is 12.1. The second-order valence-corrected chi connectivity index (χ2v) is 7.45. The molecule has 2 nitrogen and oxygen atoms in total. The standard InChI is InChI=1S/C13H19Cl2NOS/c1-13(2,3)16-8-5-9-18(17)12-10(14)6-4-7-11(12)15/h4,6-7,16H,5,8-9H2,1-3H3. The molecule has 0 aromatic heterocycles. The molecule has 0 radical (unpaired) electrons. The third kappa shape index (κ3) is 5.27. The second kappa shape index (κ2) is 6.90. The van der Waals surface area contributed by atoms with Gasteiger partial charge in [0.25, 0.3) is 0 Å². The van der Waals surface area contributed by atoms with Gasteiger partial charge in [0.15, 0.2) is 0 Å². The lowest BCUT2D eigenvalue weighted by atomic mass is 10.1. The molecule has 0 aliphatic rings. The zero-order valence-corrected chi connectivity index (χ0v) is 13.3. The highest BCUT2D eigenvalue weighted by atomic mass is 35.5. The molecule has 0 fully saturated rings. The second-order valence-electron chi connectivity index (χ2n) is 5.13. The summed E-state index contributed by atoms with van der Waals surface area (Å²) in [5.41, 5.74) is 0.0868. The van der Waals surface area contributed by atoms with E-state index in [2.05, 4.69) is 26.1 Å². The van der Waals surface area contributed by atoms with Gasteiger partial charge in [-0.25, -0.2) is 0 Å². The maximum Gasteiger partial charge on any atom is 0.0760 e. The van der Waals surface area contributed by atoms with Gasteiger partial charge in [0.05, 0.1) is 25.7 Å². The summed E-state index contributed by atoms with van der Waals surface area (Å²) in [6.45, 7) is 7.15. The van der Waals surface area contributed by atoms with Crippen LogP contribution in [-0.4, -0.2) is 22.0 Å². The summed E-state index contributed by atoms with van der Waals surface area (Å²) in [4.78, 5) is 0.552. The fraction of sp³-hybridized carbons (Fsp3) is 0.538. The van der Waals surface area contributed by atoms with Crippen molar-refractivity contribution in [3.63, 3.8) is 0 Å². The van der Waals surface area contributed by atoms with Crippen LogP contribution >= 0.6 is 23.2 Å². The summed E-state index contributed by atoms with van der Waals surface area (Å²) in [7, 11) is -1.14. The van der Waals surface area contributed by atoms with E-state index in [0.29, 0.717) is 20.7 Å². The van der Waals surface area contributed by atoms with E-state index in [9.17, 15) is 4.21 Å². The van der Waals surface area contributed by atoms with Gasteiger partial charge in [0.1, 0.15) is 0 Å². The Kier molecular flexibility index (Phi) is 6.12. The summed E-state index contributed by atoms with van der Waals surface area (Å²) in [5.74, 6) is 0.562. The lowest BCUT2D eigenvalue weighted by molar-refractivity contribution is 0.427. The van der Waals surface area contributed by atoms with E-state index in [1.165, 1.54) is 0 Å². The first-order chi connectivity index (χ1) is 8.31. The Labute approximate surface area is 122 Å². The van der Waals surface area contributed by atoms with Gasteiger partial charge in [0.2, 0.25) is 0 Å². The molecule has 1 unspecified atom stereocenters. The fourth-order valence-corrected chi connectivity index (χ4v) is 3.56. The molecule has 0 bridgehead atoms. The van der Waals surface area contributed by atoms with Crippen molar-refractivity contribution in [2.75, 3.05) is 12.3 Å². The molecule has 0 saturated carbocycles. The largest absolute Gasteiger partial charge is 0.312 e. The van der Waals surface area contributed by atoms with Crippen molar-refractivity contribution in [3.8, 4) is 0 Å². The lowest BCUT2D eigenvalue weighted by Crippen LogP contribution is -2.36. The van der Waals surface area contributed by atoms with Crippen LogP contribution in [0.3, 0.4) is 0 Å². The van der Waals surface area contributed by atoms with Crippen molar-refractivity contribution in [1.82, 2.24) is 5.32 Å². The first kappa shape index (κ1) is 16.0. The molecule has 1 rings (SSSR count). The maximum absolute atomic E-state index is 12.1. The minimum Gasteiger partial charge on any atom is -0.312 e. The van der Waals surface area contributed by atoms with E-state index in [1.54, 1.807) is 18.2 Å². The van der Waals surface area contributed by atoms with Crippen molar-refractivity contribution in [3.05, 3.63) is 28.2 Å². The predicted molar refractivity (Wildman–Crippen MR) is 80.1 cm³/mol. The molecule has 5 heteroatoms. The average molecular weight is 308 g/mol. The van der Waals surface area contributed by atoms with Crippen LogP contribution in [0.5, 0.6) is 0 Å². The third-order valence-corrected chi connectivity index (χ3v) is 4.72. The molecule has 102 valence electrons. The van der Waals surface area contributed by atoms with Gasteiger partial charge >= 0.3 is 0 Å². The Bertz CT molecular complexity index is 409. The summed E-state index contributed by atoms with van der Waals surface area (Å²) in [6, 6.07) is 5.19. The van der Waals surface area contributed by atoms with Crippen molar-refractivity contribution in [2.24, 2.45) is 0 Å². The molecule has 0 saturated heterocycles. The highest BCUT2D eigenvalue weighted by molar-refractivity contribution is 7.85. The Morgan fingerprint density at radius 1 is 1.22 bits per heavy atom. The van der Waals surface area contributed by atoms with Crippen molar-refractivity contribution in [1.29, 1.82) is 0 Å². The lowest BCUT2D eigenvalue weighted by Gasteiger charge is -2.20. The Hall–Kier alpha value is -0.0900.